The van der Waals surface area contributed by atoms with Crippen molar-refractivity contribution in [2.24, 2.45) is 11.3 Å². The van der Waals surface area contributed by atoms with E-state index in [1.165, 1.54) is 43.5 Å². The van der Waals surface area contributed by atoms with Crippen LogP contribution in [0, 0.1) is 18.3 Å². The maximum absolute atomic E-state index is 5.71. The van der Waals surface area contributed by atoms with Crippen LogP contribution in [0.4, 0.5) is 0 Å². The Bertz CT molecular complexity index is 478. The first-order valence-electron chi connectivity index (χ1n) is 8.57. The highest BCUT2D eigenvalue weighted by Crippen LogP contribution is 2.45. The molecule has 1 aromatic carbocycles. The van der Waals surface area contributed by atoms with Crippen molar-refractivity contribution in [1.82, 2.24) is 4.90 Å². The van der Waals surface area contributed by atoms with Crippen molar-refractivity contribution in [2.75, 3.05) is 40.0 Å². The standard InChI is InChI=1S/C19H29NO2/c1-16-5-3-4-6-17(16)13-20-10-7-19(8-11-20)9-12-22-15-18(19)14-21-2/h3-6,18H,7-15H2,1-2H3. The summed E-state index contributed by atoms with van der Waals surface area (Å²) in [6.07, 6.45) is 3.78. The molecule has 0 aromatic heterocycles. The quantitative estimate of drug-likeness (QED) is 0.852. The molecule has 0 radical (unpaired) electrons. The summed E-state index contributed by atoms with van der Waals surface area (Å²) in [5, 5.41) is 0. The molecule has 0 bridgehead atoms. The van der Waals surface area contributed by atoms with E-state index >= 15 is 0 Å². The van der Waals surface area contributed by atoms with E-state index in [-0.39, 0.29) is 0 Å². The first-order chi connectivity index (χ1) is 10.7. The third-order valence-electron chi connectivity index (χ3n) is 5.80. The first kappa shape index (κ1) is 16.0. The predicted molar refractivity (Wildman–Crippen MR) is 88.9 cm³/mol. The summed E-state index contributed by atoms with van der Waals surface area (Å²) in [7, 11) is 1.82. The van der Waals surface area contributed by atoms with Crippen molar-refractivity contribution < 1.29 is 9.47 Å². The Morgan fingerprint density at radius 2 is 2.00 bits per heavy atom. The van der Waals surface area contributed by atoms with Gasteiger partial charge in [-0.3, -0.25) is 4.90 Å². The molecule has 1 unspecified atom stereocenters. The average Bonchev–Trinajstić information content (AvgIpc) is 2.54. The number of aryl methyl sites for hydroxylation is 1. The van der Waals surface area contributed by atoms with Gasteiger partial charge in [-0.2, -0.15) is 0 Å². The number of likely N-dealkylation sites (tertiary alicyclic amines) is 1. The van der Waals surface area contributed by atoms with E-state index in [1.54, 1.807) is 0 Å². The van der Waals surface area contributed by atoms with Crippen LogP contribution in [0.1, 0.15) is 30.4 Å². The summed E-state index contributed by atoms with van der Waals surface area (Å²) in [6, 6.07) is 8.76. The minimum Gasteiger partial charge on any atom is -0.384 e. The molecule has 1 spiro atoms. The molecule has 2 aliphatic heterocycles. The third kappa shape index (κ3) is 3.37. The van der Waals surface area contributed by atoms with Gasteiger partial charge in [-0.1, -0.05) is 24.3 Å². The zero-order valence-corrected chi connectivity index (χ0v) is 14.0. The van der Waals surface area contributed by atoms with Gasteiger partial charge in [0.1, 0.15) is 0 Å². The zero-order chi connectivity index (χ0) is 15.4. The number of methoxy groups -OCH3 is 1. The van der Waals surface area contributed by atoms with Crippen LogP contribution in [0.2, 0.25) is 0 Å². The number of hydrogen-bond acceptors (Lipinski definition) is 3. The molecule has 0 N–H and O–H groups in total. The molecule has 2 heterocycles. The topological polar surface area (TPSA) is 21.7 Å². The number of piperidine rings is 1. The molecule has 0 amide bonds. The molecular formula is C19H29NO2. The van der Waals surface area contributed by atoms with E-state index in [2.05, 4.69) is 36.1 Å². The van der Waals surface area contributed by atoms with Crippen molar-refractivity contribution in [1.29, 1.82) is 0 Å². The minimum atomic E-state index is 0.455. The molecule has 2 aliphatic rings. The summed E-state index contributed by atoms with van der Waals surface area (Å²) >= 11 is 0. The van der Waals surface area contributed by atoms with Crippen LogP contribution in [0.25, 0.3) is 0 Å². The van der Waals surface area contributed by atoms with Gasteiger partial charge < -0.3 is 9.47 Å². The van der Waals surface area contributed by atoms with E-state index < -0.39 is 0 Å². The summed E-state index contributed by atoms with van der Waals surface area (Å²) in [5.41, 5.74) is 3.33. The maximum atomic E-state index is 5.71. The van der Waals surface area contributed by atoms with Gasteiger partial charge in [-0.15, -0.1) is 0 Å². The smallest absolute Gasteiger partial charge is 0.0521 e. The molecule has 22 heavy (non-hydrogen) atoms. The monoisotopic (exact) mass is 303 g/mol. The average molecular weight is 303 g/mol. The summed E-state index contributed by atoms with van der Waals surface area (Å²) < 4.78 is 11.2. The zero-order valence-electron chi connectivity index (χ0n) is 14.0. The van der Waals surface area contributed by atoms with Gasteiger partial charge in [0, 0.05) is 26.2 Å². The van der Waals surface area contributed by atoms with Crippen LogP contribution in [-0.2, 0) is 16.0 Å². The van der Waals surface area contributed by atoms with Crippen molar-refractivity contribution >= 4 is 0 Å². The molecule has 2 saturated heterocycles. The molecule has 3 nitrogen and oxygen atoms in total. The molecular weight excluding hydrogens is 274 g/mol. The molecule has 2 fully saturated rings. The highest BCUT2D eigenvalue weighted by atomic mass is 16.5. The lowest BCUT2D eigenvalue weighted by Crippen LogP contribution is -2.49. The van der Waals surface area contributed by atoms with E-state index in [9.17, 15) is 0 Å². The number of ether oxygens (including phenoxy) is 2. The minimum absolute atomic E-state index is 0.455. The van der Waals surface area contributed by atoms with Gasteiger partial charge in [-0.25, -0.2) is 0 Å². The second kappa shape index (κ2) is 7.12. The number of rotatable bonds is 4. The molecule has 0 aliphatic carbocycles. The summed E-state index contributed by atoms with van der Waals surface area (Å²) in [4.78, 5) is 2.62. The fraction of sp³-hybridized carbons (Fsp3) is 0.684. The Morgan fingerprint density at radius 3 is 2.73 bits per heavy atom. The Labute approximate surface area is 134 Å². The van der Waals surface area contributed by atoms with Gasteiger partial charge >= 0.3 is 0 Å². The predicted octanol–water partition coefficient (Wildman–Crippen LogP) is 3.26. The first-order valence-corrected chi connectivity index (χ1v) is 8.57. The summed E-state index contributed by atoms with van der Waals surface area (Å²) in [6.45, 7) is 8.37. The Morgan fingerprint density at radius 1 is 1.23 bits per heavy atom. The SMILES string of the molecule is COCC1COCCC12CCN(Cc1ccccc1C)CC2. The molecule has 3 rings (SSSR count). The van der Waals surface area contributed by atoms with Crippen LogP contribution in [0.3, 0.4) is 0 Å². The molecule has 122 valence electrons. The van der Waals surface area contributed by atoms with Crippen molar-refractivity contribution in [3.05, 3.63) is 35.4 Å². The molecule has 3 heteroatoms. The molecule has 1 aromatic rings. The van der Waals surface area contributed by atoms with Gasteiger partial charge in [0.15, 0.2) is 0 Å². The largest absolute Gasteiger partial charge is 0.384 e. The van der Waals surface area contributed by atoms with Gasteiger partial charge in [0.05, 0.1) is 13.2 Å². The van der Waals surface area contributed by atoms with Crippen LogP contribution < -0.4 is 0 Å². The second-order valence-corrected chi connectivity index (χ2v) is 7.04. The van der Waals surface area contributed by atoms with Gasteiger partial charge in [0.2, 0.25) is 0 Å². The number of nitrogens with zero attached hydrogens (tertiary/aromatic N) is 1. The van der Waals surface area contributed by atoms with Crippen molar-refractivity contribution in [3.8, 4) is 0 Å². The third-order valence-corrected chi connectivity index (χ3v) is 5.80. The Hall–Kier alpha value is -0.900. The van der Waals surface area contributed by atoms with Crippen LogP contribution in [0.15, 0.2) is 24.3 Å². The van der Waals surface area contributed by atoms with E-state index in [0.717, 1.165) is 26.4 Å². The lowest BCUT2D eigenvalue weighted by Gasteiger charge is -2.49. The van der Waals surface area contributed by atoms with Crippen LogP contribution in [-0.4, -0.2) is 44.9 Å². The lowest BCUT2D eigenvalue weighted by atomic mass is 9.66. The maximum Gasteiger partial charge on any atom is 0.0521 e. The Balaban J connectivity index is 1.60. The molecule has 0 saturated carbocycles. The van der Waals surface area contributed by atoms with E-state index in [0.29, 0.717) is 11.3 Å². The highest BCUT2D eigenvalue weighted by molar-refractivity contribution is 5.25. The Kier molecular flexibility index (Phi) is 5.17. The van der Waals surface area contributed by atoms with Crippen LogP contribution >= 0.6 is 0 Å². The summed E-state index contributed by atoms with van der Waals surface area (Å²) in [5.74, 6) is 0.576. The second-order valence-electron chi connectivity index (χ2n) is 7.04. The van der Waals surface area contributed by atoms with Gasteiger partial charge in [0.25, 0.3) is 0 Å². The van der Waals surface area contributed by atoms with Crippen LogP contribution in [0.5, 0.6) is 0 Å². The highest BCUT2D eigenvalue weighted by Gasteiger charge is 2.43. The van der Waals surface area contributed by atoms with E-state index in [4.69, 9.17) is 9.47 Å². The number of hydrogen-bond donors (Lipinski definition) is 0. The normalized spacial score (nSPS) is 25.5. The van der Waals surface area contributed by atoms with Crippen molar-refractivity contribution in [3.63, 3.8) is 0 Å². The fourth-order valence-corrected chi connectivity index (χ4v) is 4.15. The van der Waals surface area contributed by atoms with Gasteiger partial charge in [-0.05, 0) is 55.8 Å². The lowest BCUT2D eigenvalue weighted by molar-refractivity contribution is -0.0951. The van der Waals surface area contributed by atoms with Crippen molar-refractivity contribution in [2.45, 2.75) is 32.7 Å². The fourth-order valence-electron chi connectivity index (χ4n) is 4.15. The number of benzene rings is 1. The molecule has 1 atom stereocenters. The van der Waals surface area contributed by atoms with E-state index in [1.807, 2.05) is 7.11 Å².